The minimum Gasteiger partial charge on any atom is -0.371 e. The summed E-state index contributed by atoms with van der Waals surface area (Å²) in [6, 6.07) is 20.1. The van der Waals surface area contributed by atoms with E-state index in [1.165, 1.54) is 0 Å². The van der Waals surface area contributed by atoms with Gasteiger partial charge in [0, 0.05) is 6.04 Å². The highest BCUT2D eigenvalue weighted by Gasteiger charge is 2.53. The third-order valence-electron chi connectivity index (χ3n) is 4.86. The van der Waals surface area contributed by atoms with Crippen molar-refractivity contribution in [1.29, 1.82) is 0 Å². The van der Waals surface area contributed by atoms with Crippen LogP contribution in [0, 0.1) is 0 Å². The van der Waals surface area contributed by atoms with E-state index in [-0.39, 0.29) is 18.1 Å². The summed E-state index contributed by atoms with van der Waals surface area (Å²) in [6.45, 7) is 2.54. The minimum absolute atomic E-state index is 0.0295. The van der Waals surface area contributed by atoms with Crippen LogP contribution in [0.5, 0.6) is 0 Å². The van der Waals surface area contributed by atoms with Gasteiger partial charge in [-0.15, -0.1) is 0 Å². The van der Waals surface area contributed by atoms with Crippen LogP contribution in [-0.4, -0.2) is 17.6 Å². The number of ether oxygens (including phenoxy) is 1. The molecule has 3 N–H and O–H groups in total. The summed E-state index contributed by atoms with van der Waals surface area (Å²) in [5, 5.41) is 3.43. The van der Waals surface area contributed by atoms with E-state index in [0.29, 0.717) is 13.0 Å². The second-order valence-electron chi connectivity index (χ2n) is 6.44. The number of nitrogens with one attached hydrogen (secondary N) is 1. The average Bonchev–Trinajstić information content (AvgIpc) is 2.60. The monoisotopic (exact) mass is 324 g/mol. The quantitative estimate of drug-likeness (QED) is 0.823. The van der Waals surface area contributed by atoms with E-state index in [4.69, 9.17) is 10.5 Å². The first-order valence-corrected chi connectivity index (χ1v) is 8.40. The molecule has 24 heavy (non-hydrogen) atoms. The van der Waals surface area contributed by atoms with Gasteiger partial charge >= 0.3 is 0 Å². The number of carbonyl (C=O) groups is 1. The van der Waals surface area contributed by atoms with Gasteiger partial charge in [-0.1, -0.05) is 60.7 Å². The Balaban J connectivity index is 1.68. The molecule has 1 aliphatic rings. The lowest BCUT2D eigenvalue weighted by Gasteiger charge is -2.48. The fraction of sp³-hybridized carbons (Fsp3) is 0.350. The van der Waals surface area contributed by atoms with Crippen LogP contribution in [0.15, 0.2) is 60.7 Å². The third-order valence-corrected chi connectivity index (χ3v) is 4.86. The minimum atomic E-state index is -0.788. The molecule has 0 heterocycles. The summed E-state index contributed by atoms with van der Waals surface area (Å²) in [5.41, 5.74) is 7.18. The van der Waals surface area contributed by atoms with Crippen LogP contribution in [0.3, 0.4) is 0 Å². The van der Waals surface area contributed by atoms with E-state index in [1.54, 1.807) is 0 Å². The largest absolute Gasteiger partial charge is 0.371 e. The molecule has 2 aromatic carbocycles. The van der Waals surface area contributed by atoms with Crippen molar-refractivity contribution in [3.05, 3.63) is 71.8 Å². The van der Waals surface area contributed by atoms with Gasteiger partial charge in [0.25, 0.3) is 0 Å². The maximum atomic E-state index is 12.2. The van der Waals surface area contributed by atoms with E-state index in [2.05, 4.69) is 5.32 Å². The standard InChI is InChI=1S/C20H24N2O2/c1-15(17-10-6-3-7-11-17)22-20(19(21)23)13-12-18(20)24-14-16-8-4-2-5-9-16/h2-11,15,18,22H,12-14H2,1H3,(H2,21,23)/t15-,18+,20-/m0/s1. The molecule has 4 nitrogen and oxygen atoms in total. The molecule has 0 aliphatic heterocycles. The van der Waals surface area contributed by atoms with Crippen molar-refractivity contribution >= 4 is 5.91 Å². The zero-order chi connectivity index (χ0) is 17.0. The first-order chi connectivity index (χ1) is 11.6. The molecule has 0 bridgehead atoms. The second kappa shape index (κ2) is 7.16. The molecule has 0 aromatic heterocycles. The molecule has 2 aromatic rings. The molecule has 0 unspecified atom stereocenters. The van der Waals surface area contributed by atoms with E-state index >= 15 is 0 Å². The van der Waals surface area contributed by atoms with Gasteiger partial charge in [0.2, 0.25) is 5.91 Å². The van der Waals surface area contributed by atoms with Crippen molar-refractivity contribution < 1.29 is 9.53 Å². The molecule has 1 aliphatic carbocycles. The predicted octanol–water partition coefficient (Wildman–Crippen LogP) is 2.94. The average molecular weight is 324 g/mol. The number of rotatable bonds is 7. The van der Waals surface area contributed by atoms with Crippen LogP contribution in [0.4, 0.5) is 0 Å². The molecule has 0 radical (unpaired) electrons. The molecule has 1 fully saturated rings. The molecule has 0 saturated heterocycles. The summed E-state index contributed by atoms with van der Waals surface area (Å²) in [6.07, 6.45) is 1.35. The number of benzene rings is 2. The second-order valence-corrected chi connectivity index (χ2v) is 6.44. The highest BCUT2D eigenvalue weighted by atomic mass is 16.5. The Morgan fingerprint density at radius 3 is 2.38 bits per heavy atom. The zero-order valence-corrected chi connectivity index (χ0v) is 13.9. The molecule has 0 spiro atoms. The first kappa shape index (κ1) is 16.7. The molecule has 1 saturated carbocycles. The Hall–Kier alpha value is -2.17. The number of hydrogen-bond acceptors (Lipinski definition) is 3. The first-order valence-electron chi connectivity index (χ1n) is 8.40. The highest BCUT2D eigenvalue weighted by Crippen LogP contribution is 2.37. The Morgan fingerprint density at radius 2 is 1.83 bits per heavy atom. The Bertz CT molecular complexity index is 675. The lowest BCUT2D eigenvalue weighted by Crippen LogP contribution is -2.69. The molecule has 4 heteroatoms. The lowest BCUT2D eigenvalue weighted by molar-refractivity contribution is -0.146. The Labute approximate surface area is 143 Å². The van der Waals surface area contributed by atoms with E-state index < -0.39 is 5.54 Å². The van der Waals surface area contributed by atoms with Gasteiger partial charge in [-0.3, -0.25) is 10.1 Å². The fourth-order valence-electron chi connectivity index (χ4n) is 3.28. The van der Waals surface area contributed by atoms with Crippen molar-refractivity contribution in [2.45, 2.75) is 44.1 Å². The molecular weight excluding hydrogens is 300 g/mol. The number of nitrogens with two attached hydrogens (primary N) is 1. The van der Waals surface area contributed by atoms with Crippen LogP contribution in [-0.2, 0) is 16.1 Å². The summed E-state index contributed by atoms with van der Waals surface area (Å²) in [7, 11) is 0. The number of hydrogen-bond donors (Lipinski definition) is 2. The van der Waals surface area contributed by atoms with Crippen LogP contribution < -0.4 is 11.1 Å². The van der Waals surface area contributed by atoms with Crippen molar-refractivity contribution in [3.8, 4) is 0 Å². The van der Waals surface area contributed by atoms with Gasteiger partial charge in [-0.25, -0.2) is 0 Å². The van der Waals surface area contributed by atoms with Crippen LogP contribution in [0.25, 0.3) is 0 Å². The van der Waals surface area contributed by atoms with Gasteiger partial charge in [0.15, 0.2) is 0 Å². The van der Waals surface area contributed by atoms with Gasteiger partial charge in [0.1, 0.15) is 5.54 Å². The van der Waals surface area contributed by atoms with E-state index in [0.717, 1.165) is 17.5 Å². The number of primary amides is 1. The predicted molar refractivity (Wildman–Crippen MR) is 94.2 cm³/mol. The van der Waals surface area contributed by atoms with Crippen LogP contribution in [0.1, 0.15) is 36.9 Å². The summed E-state index contributed by atoms with van der Waals surface area (Å²) < 4.78 is 6.01. The topological polar surface area (TPSA) is 64.3 Å². The normalized spacial score (nSPS) is 24.1. The Kier molecular flexibility index (Phi) is 4.97. The van der Waals surface area contributed by atoms with Crippen molar-refractivity contribution in [2.75, 3.05) is 0 Å². The third kappa shape index (κ3) is 3.35. The number of amides is 1. The Morgan fingerprint density at radius 1 is 1.21 bits per heavy atom. The molecular formula is C20H24N2O2. The van der Waals surface area contributed by atoms with Gasteiger partial charge < -0.3 is 10.5 Å². The van der Waals surface area contributed by atoms with Gasteiger partial charge in [0.05, 0.1) is 12.7 Å². The van der Waals surface area contributed by atoms with E-state index in [1.807, 2.05) is 67.6 Å². The molecule has 3 rings (SSSR count). The summed E-state index contributed by atoms with van der Waals surface area (Å²) in [5.74, 6) is -0.338. The van der Waals surface area contributed by atoms with Crippen LogP contribution in [0.2, 0.25) is 0 Å². The van der Waals surface area contributed by atoms with Crippen molar-refractivity contribution in [2.24, 2.45) is 5.73 Å². The maximum Gasteiger partial charge on any atom is 0.240 e. The smallest absolute Gasteiger partial charge is 0.240 e. The lowest BCUT2D eigenvalue weighted by atomic mass is 9.72. The highest BCUT2D eigenvalue weighted by molar-refractivity contribution is 5.86. The molecule has 126 valence electrons. The fourth-order valence-corrected chi connectivity index (χ4v) is 3.28. The summed E-state index contributed by atoms with van der Waals surface area (Å²) >= 11 is 0. The van der Waals surface area contributed by atoms with Crippen molar-refractivity contribution in [3.63, 3.8) is 0 Å². The number of carbonyl (C=O) groups excluding carboxylic acids is 1. The molecule has 3 atom stereocenters. The molecule has 1 amide bonds. The van der Waals surface area contributed by atoms with Crippen molar-refractivity contribution in [1.82, 2.24) is 5.32 Å². The SMILES string of the molecule is C[C@H](N[C@@]1(C(N)=O)CC[C@H]1OCc1ccccc1)c1ccccc1. The van der Waals surface area contributed by atoms with Gasteiger partial charge in [-0.2, -0.15) is 0 Å². The van der Waals surface area contributed by atoms with Crippen LogP contribution >= 0.6 is 0 Å². The summed E-state index contributed by atoms with van der Waals surface area (Å²) in [4.78, 5) is 12.2. The maximum absolute atomic E-state index is 12.2. The van der Waals surface area contributed by atoms with E-state index in [9.17, 15) is 4.79 Å². The van der Waals surface area contributed by atoms with Gasteiger partial charge in [-0.05, 0) is 30.9 Å². The zero-order valence-electron chi connectivity index (χ0n) is 13.9.